The van der Waals surface area contributed by atoms with E-state index in [-0.39, 0.29) is 15.7 Å². The van der Waals surface area contributed by atoms with Crippen LogP contribution in [0.15, 0.2) is 47.4 Å². The van der Waals surface area contributed by atoms with Crippen LogP contribution >= 0.6 is 11.6 Å². The van der Waals surface area contributed by atoms with Gasteiger partial charge < -0.3 is 4.18 Å². The lowest BCUT2D eigenvalue weighted by Crippen LogP contribution is -2.10. The highest BCUT2D eigenvalue weighted by atomic mass is 35.5. The number of rotatable bonds is 4. The van der Waals surface area contributed by atoms with E-state index in [0.29, 0.717) is 5.56 Å². The third kappa shape index (κ3) is 3.32. The Morgan fingerprint density at radius 2 is 1.86 bits per heavy atom. The normalized spacial score (nSPS) is 11.1. The van der Waals surface area contributed by atoms with E-state index >= 15 is 0 Å². The van der Waals surface area contributed by atoms with Crippen molar-refractivity contribution < 1.29 is 17.5 Å². The molecule has 0 aliphatic carbocycles. The van der Waals surface area contributed by atoms with Gasteiger partial charge in [0.1, 0.15) is 15.7 Å². The van der Waals surface area contributed by atoms with Gasteiger partial charge in [0.25, 0.3) is 5.69 Å². The topological polar surface area (TPSA) is 86.5 Å². The summed E-state index contributed by atoms with van der Waals surface area (Å²) < 4.78 is 29.3. The van der Waals surface area contributed by atoms with Gasteiger partial charge in [0.05, 0.1) is 4.92 Å². The van der Waals surface area contributed by atoms with Gasteiger partial charge in [-0.25, -0.2) is 0 Å². The van der Waals surface area contributed by atoms with E-state index in [1.165, 1.54) is 6.07 Å². The van der Waals surface area contributed by atoms with Crippen LogP contribution in [0.3, 0.4) is 0 Å². The molecule has 0 saturated heterocycles. The molecule has 0 radical (unpaired) electrons. The SMILES string of the molecule is Cc1ccccc1OS(=O)(=O)c1ccc(Cl)c([N+](=O)[O-])c1. The summed E-state index contributed by atoms with van der Waals surface area (Å²) in [5.41, 5.74) is 0.135. The minimum absolute atomic E-state index is 0.144. The number of hydrogen-bond acceptors (Lipinski definition) is 5. The zero-order chi connectivity index (χ0) is 15.6. The average molecular weight is 328 g/mol. The van der Waals surface area contributed by atoms with Crippen molar-refractivity contribution >= 4 is 27.4 Å². The van der Waals surface area contributed by atoms with Crippen LogP contribution in [0.5, 0.6) is 5.75 Å². The van der Waals surface area contributed by atoms with Gasteiger partial charge in [-0.15, -0.1) is 0 Å². The van der Waals surface area contributed by atoms with Gasteiger partial charge in [-0.3, -0.25) is 10.1 Å². The van der Waals surface area contributed by atoms with E-state index in [2.05, 4.69) is 0 Å². The summed E-state index contributed by atoms with van der Waals surface area (Å²) in [5.74, 6) is 0.162. The maximum atomic E-state index is 12.2. The van der Waals surface area contributed by atoms with Crippen LogP contribution in [0.25, 0.3) is 0 Å². The van der Waals surface area contributed by atoms with Crippen LogP contribution in [-0.2, 0) is 10.1 Å². The summed E-state index contributed by atoms with van der Waals surface area (Å²) in [5, 5.41) is 10.7. The molecule has 0 atom stereocenters. The van der Waals surface area contributed by atoms with Crippen molar-refractivity contribution in [1.29, 1.82) is 0 Å². The Bertz CT molecular complexity index is 804. The first-order chi connectivity index (χ1) is 9.81. The molecule has 8 heteroatoms. The molecule has 2 aromatic carbocycles. The van der Waals surface area contributed by atoms with E-state index in [0.717, 1.165) is 18.2 Å². The highest BCUT2D eigenvalue weighted by Crippen LogP contribution is 2.29. The molecule has 0 amide bonds. The monoisotopic (exact) mass is 327 g/mol. The quantitative estimate of drug-likeness (QED) is 0.488. The fourth-order valence-electron chi connectivity index (χ4n) is 1.60. The van der Waals surface area contributed by atoms with Gasteiger partial charge >= 0.3 is 10.1 Å². The zero-order valence-electron chi connectivity index (χ0n) is 10.8. The molecule has 0 fully saturated rings. The number of para-hydroxylation sites is 1. The number of halogens is 1. The molecular weight excluding hydrogens is 318 g/mol. The smallest absolute Gasteiger partial charge is 0.339 e. The van der Waals surface area contributed by atoms with E-state index in [1.807, 2.05) is 0 Å². The summed E-state index contributed by atoms with van der Waals surface area (Å²) in [4.78, 5) is 9.71. The molecule has 2 rings (SSSR count). The maximum absolute atomic E-state index is 12.2. The molecule has 0 bridgehead atoms. The Morgan fingerprint density at radius 3 is 2.48 bits per heavy atom. The van der Waals surface area contributed by atoms with Crippen LogP contribution in [0.2, 0.25) is 5.02 Å². The van der Waals surface area contributed by atoms with Crippen molar-refractivity contribution in [2.75, 3.05) is 0 Å². The highest BCUT2D eigenvalue weighted by molar-refractivity contribution is 7.87. The first-order valence-electron chi connectivity index (χ1n) is 5.75. The van der Waals surface area contributed by atoms with Crippen molar-refractivity contribution in [1.82, 2.24) is 0 Å². The van der Waals surface area contributed by atoms with Crippen LogP contribution < -0.4 is 4.18 Å². The molecule has 0 saturated carbocycles. The third-order valence-electron chi connectivity index (χ3n) is 2.70. The Kier molecular flexibility index (Phi) is 4.15. The number of aryl methyl sites for hydroxylation is 1. The van der Waals surface area contributed by atoms with E-state index in [1.54, 1.807) is 25.1 Å². The molecular formula is C13H10ClNO5S. The van der Waals surface area contributed by atoms with Crippen molar-refractivity contribution in [2.45, 2.75) is 11.8 Å². The maximum Gasteiger partial charge on any atom is 0.339 e. The second-order valence-electron chi connectivity index (χ2n) is 4.17. The predicted octanol–water partition coefficient (Wildman–Crippen LogP) is 3.32. The Morgan fingerprint density at radius 1 is 1.19 bits per heavy atom. The number of nitro benzene ring substituents is 1. The summed E-state index contributed by atoms with van der Waals surface area (Å²) >= 11 is 5.65. The lowest BCUT2D eigenvalue weighted by atomic mass is 10.2. The molecule has 6 nitrogen and oxygen atoms in total. The molecule has 0 N–H and O–H groups in total. The zero-order valence-corrected chi connectivity index (χ0v) is 12.4. The molecule has 0 unspecified atom stereocenters. The molecule has 0 spiro atoms. The van der Waals surface area contributed by atoms with Gasteiger partial charge in [0, 0.05) is 6.07 Å². The van der Waals surface area contributed by atoms with Crippen LogP contribution in [0, 0.1) is 17.0 Å². The molecule has 2 aromatic rings. The van der Waals surface area contributed by atoms with E-state index in [9.17, 15) is 18.5 Å². The van der Waals surface area contributed by atoms with Crippen molar-refractivity contribution in [3.05, 3.63) is 63.2 Å². The second-order valence-corrected chi connectivity index (χ2v) is 6.13. The summed E-state index contributed by atoms with van der Waals surface area (Å²) in [6.45, 7) is 1.69. The molecule has 0 aliphatic heterocycles. The van der Waals surface area contributed by atoms with E-state index < -0.39 is 20.7 Å². The number of nitrogens with zero attached hydrogens (tertiary/aromatic N) is 1. The highest BCUT2D eigenvalue weighted by Gasteiger charge is 2.22. The average Bonchev–Trinajstić information content (AvgIpc) is 2.41. The molecule has 0 aliphatic rings. The third-order valence-corrected chi connectivity index (χ3v) is 4.25. The van der Waals surface area contributed by atoms with Crippen molar-refractivity contribution in [3.8, 4) is 5.75 Å². The number of benzene rings is 2. The second kappa shape index (κ2) is 5.71. The van der Waals surface area contributed by atoms with Crippen LogP contribution in [0.4, 0.5) is 5.69 Å². The van der Waals surface area contributed by atoms with Gasteiger partial charge in [-0.1, -0.05) is 29.8 Å². The van der Waals surface area contributed by atoms with E-state index in [4.69, 9.17) is 15.8 Å². The van der Waals surface area contributed by atoms with Gasteiger partial charge in [-0.05, 0) is 30.7 Å². The van der Waals surface area contributed by atoms with Crippen LogP contribution in [0.1, 0.15) is 5.56 Å². The lowest BCUT2D eigenvalue weighted by Gasteiger charge is -2.09. The fraction of sp³-hybridized carbons (Fsp3) is 0.0769. The summed E-state index contributed by atoms with van der Waals surface area (Å²) in [6.07, 6.45) is 0. The Labute approximate surface area is 126 Å². The Hall–Kier alpha value is -2.12. The molecule has 110 valence electrons. The molecule has 0 aromatic heterocycles. The largest absolute Gasteiger partial charge is 0.379 e. The minimum atomic E-state index is -4.17. The predicted molar refractivity (Wildman–Crippen MR) is 77.1 cm³/mol. The fourth-order valence-corrected chi connectivity index (χ4v) is 2.80. The summed E-state index contributed by atoms with van der Waals surface area (Å²) in [6, 6.07) is 9.73. The summed E-state index contributed by atoms with van der Waals surface area (Å²) in [7, 11) is -4.17. The number of hydrogen-bond donors (Lipinski definition) is 0. The Balaban J connectivity index is 2.43. The standard InChI is InChI=1S/C13H10ClNO5S/c1-9-4-2-3-5-13(9)20-21(18,19)10-6-7-11(14)12(8-10)15(16)17/h2-8H,1H3. The van der Waals surface area contributed by atoms with Gasteiger partial charge in [0.15, 0.2) is 0 Å². The minimum Gasteiger partial charge on any atom is -0.379 e. The van der Waals surface area contributed by atoms with Crippen molar-refractivity contribution in [3.63, 3.8) is 0 Å². The van der Waals surface area contributed by atoms with Crippen molar-refractivity contribution in [2.24, 2.45) is 0 Å². The van der Waals surface area contributed by atoms with Gasteiger partial charge in [-0.2, -0.15) is 8.42 Å². The lowest BCUT2D eigenvalue weighted by molar-refractivity contribution is -0.384. The molecule has 0 heterocycles. The van der Waals surface area contributed by atoms with Gasteiger partial charge in [0.2, 0.25) is 0 Å². The first-order valence-corrected chi connectivity index (χ1v) is 7.54. The number of nitro groups is 1. The molecule has 21 heavy (non-hydrogen) atoms. The van der Waals surface area contributed by atoms with Crippen LogP contribution in [-0.4, -0.2) is 13.3 Å². The first kappa shape index (κ1) is 15.3.